The number of benzene rings is 1. The van der Waals surface area contributed by atoms with Gasteiger partial charge in [0.05, 0.1) is 16.1 Å². The summed E-state index contributed by atoms with van der Waals surface area (Å²) in [5, 5.41) is 2.89. The third-order valence-electron chi connectivity index (χ3n) is 5.30. The van der Waals surface area contributed by atoms with E-state index in [0.717, 1.165) is 9.75 Å². The number of thiophene rings is 1. The lowest BCUT2D eigenvalue weighted by molar-refractivity contribution is 0.0698. The van der Waals surface area contributed by atoms with Crippen molar-refractivity contribution < 1.29 is 17.6 Å². The van der Waals surface area contributed by atoms with Gasteiger partial charge < -0.3 is 10.2 Å². The van der Waals surface area contributed by atoms with E-state index in [9.17, 15) is 17.6 Å². The molecule has 7 nitrogen and oxygen atoms in total. The molecule has 0 saturated carbocycles. The van der Waals surface area contributed by atoms with Crippen molar-refractivity contribution in [2.24, 2.45) is 0 Å². The second kappa shape index (κ2) is 8.97. The smallest absolute Gasteiger partial charge is 0.257 e. The molecule has 10 heteroatoms. The van der Waals surface area contributed by atoms with Gasteiger partial charge in [-0.1, -0.05) is 12.1 Å². The number of aryl methyl sites for hydroxylation is 2. The monoisotopic (exact) mass is 474 g/mol. The lowest BCUT2D eigenvalue weighted by Crippen LogP contribution is -2.50. The molecule has 0 aliphatic carbocycles. The van der Waals surface area contributed by atoms with Crippen LogP contribution in [0.15, 0.2) is 53.6 Å². The molecule has 0 unspecified atom stereocenters. The van der Waals surface area contributed by atoms with Gasteiger partial charge in [-0.25, -0.2) is 17.8 Å². The quantitative estimate of drug-likeness (QED) is 0.608. The van der Waals surface area contributed by atoms with Crippen LogP contribution in [-0.4, -0.2) is 54.7 Å². The molecule has 1 aliphatic rings. The van der Waals surface area contributed by atoms with Crippen LogP contribution < -0.4 is 5.32 Å². The van der Waals surface area contributed by atoms with Crippen LogP contribution in [0.1, 0.15) is 20.1 Å². The van der Waals surface area contributed by atoms with E-state index in [2.05, 4.69) is 10.3 Å². The SMILES string of the molecule is Cc1cc(S(=O)(=O)N2CCN(C(=O)c3cccnc3Nc3ccccc3F)CC2)c(C)s1. The summed E-state index contributed by atoms with van der Waals surface area (Å²) in [6.45, 7) is 4.62. The van der Waals surface area contributed by atoms with Crippen LogP contribution in [0.5, 0.6) is 0 Å². The van der Waals surface area contributed by atoms with Crippen molar-refractivity contribution in [3.63, 3.8) is 0 Å². The van der Waals surface area contributed by atoms with Crippen LogP contribution >= 0.6 is 11.3 Å². The largest absolute Gasteiger partial charge is 0.337 e. The average Bonchev–Trinajstić information content (AvgIpc) is 3.14. The molecule has 168 valence electrons. The Morgan fingerprint density at radius 3 is 2.47 bits per heavy atom. The fourth-order valence-corrected chi connectivity index (χ4v) is 6.62. The second-order valence-corrected chi connectivity index (χ2v) is 10.8. The van der Waals surface area contributed by atoms with Crippen LogP contribution in [0.2, 0.25) is 0 Å². The topological polar surface area (TPSA) is 82.6 Å². The Balaban J connectivity index is 1.49. The number of aromatic nitrogens is 1. The zero-order valence-corrected chi connectivity index (χ0v) is 19.3. The van der Waals surface area contributed by atoms with Gasteiger partial charge in [0.15, 0.2) is 0 Å². The zero-order valence-electron chi connectivity index (χ0n) is 17.7. The molecule has 1 aromatic carbocycles. The Morgan fingerprint density at radius 2 is 1.81 bits per heavy atom. The van der Waals surface area contributed by atoms with Crippen molar-refractivity contribution in [1.82, 2.24) is 14.2 Å². The lowest BCUT2D eigenvalue weighted by Gasteiger charge is -2.34. The van der Waals surface area contributed by atoms with Gasteiger partial charge >= 0.3 is 0 Å². The van der Waals surface area contributed by atoms with Gasteiger partial charge in [-0.15, -0.1) is 11.3 Å². The summed E-state index contributed by atoms with van der Waals surface area (Å²) in [6.07, 6.45) is 1.52. The third-order valence-corrected chi connectivity index (χ3v) is 8.42. The van der Waals surface area contributed by atoms with Crippen LogP contribution in [0, 0.1) is 19.7 Å². The number of nitrogens with one attached hydrogen (secondary N) is 1. The summed E-state index contributed by atoms with van der Waals surface area (Å²) in [5.74, 6) is -0.479. The van der Waals surface area contributed by atoms with E-state index in [1.165, 1.54) is 27.9 Å². The van der Waals surface area contributed by atoms with Crippen molar-refractivity contribution in [2.75, 3.05) is 31.5 Å². The number of carbonyl (C=O) groups is 1. The Morgan fingerprint density at radius 1 is 1.09 bits per heavy atom. The number of sulfonamides is 1. The summed E-state index contributed by atoms with van der Waals surface area (Å²) in [5.41, 5.74) is 0.522. The number of rotatable bonds is 5. The Hall–Kier alpha value is -2.82. The first-order valence-electron chi connectivity index (χ1n) is 10.1. The van der Waals surface area contributed by atoms with Gasteiger partial charge in [-0.3, -0.25) is 4.79 Å². The maximum absolute atomic E-state index is 14.0. The molecule has 3 heterocycles. The highest BCUT2D eigenvalue weighted by Crippen LogP contribution is 2.29. The number of piperazine rings is 1. The first-order chi connectivity index (χ1) is 15.3. The summed E-state index contributed by atoms with van der Waals surface area (Å²) in [7, 11) is -3.60. The number of para-hydroxylation sites is 1. The van der Waals surface area contributed by atoms with E-state index in [4.69, 9.17) is 0 Å². The molecule has 0 bridgehead atoms. The Kier molecular flexibility index (Phi) is 6.27. The molecule has 2 aromatic heterocycles. The minimum Gasteiger partial charge on any atom is -0.337 e. The summed E-state index contributed by atoms with van der Waals surface area (Å²) < 4.78 is 41.5. The number of nitrogens with zero attached hydrogens (tertiary/aromatic N) is 3. The molecule has 32 heavy (non-hydrogen) atoms. The number of anilines is 2. The van der Waals surface area contributed by atoms with Crippen LogP contribution in [0.4, 0.5) is 15.9 Å². The standard InChI is InChI=1S/C22H23FN4O3S2/c1-15-14-20(16(2)31-15)32(29,30)27-12-10-26(11-13-27)22(28)17-6-5-9-24-21(17)25-19-8-4-3-7-18(19)23/h3-9,14H,10-13H2,1-2H3,(H,24,25). The molecule has 1 aliphatic heterocycles. The minimum absolute atomic E-state index is 0.207. The maximum atomic E-state index is 14.0. The van der Waals surface area contributed by atoms with Crippen molar-refractivity contribution in [3.8, 4) is 0 Å². The molecule has 1 fully saturated rings. The highest BCUT2D eigenvalue weighted by atomic mass is 32.2. The van der Waals surface area contributed by atoms with E-state index < -0.39 is 15.8 Å². The summed E-state index contributed by atoms with van der Waals surface area (Å²) >= 11 is 1.46. The molecule has 1 amide bonds. The number of carbonyl (C=O) groups excluding carboxylic acids is 1. The number of hydrogen-bond acceptors (Lipinski definition) is 6. The Labute approximate surface area is 190 Å². The van der Waals surface area contributed by atoms with Crippen molar-refractivity contribution in [3.05, 3.63) is 69.8 Å². The minimum atomic E-state index is -3.60. The molecule has 3 aromatic rings. The molecule has 1 saturated heterocycles. The van der Waals surface area contributed by atoms with E-state index in [1.54, 1.807) is 48.2 Å². The van der Waals surface area contributed by atoms with E-state index >= 15 is 0 Å². The van der Waals surface area contributed by atoms with Crippen molar-refractivity contribution in [2.45, 2.75) is 18.7 Å². The fraction of sp³-hybridized carbons (Fsp3) is 0.273. The van der Waals surface area contributed by atoms with Crippen molar-refractivity contribution in [1.29, 1.82) is 0 Å². The van der Waals surface area contributed by atoms with Gasteiger partial charge in [-0.2, -0.15) is 4.31 Å². The fourth-order valence-electron chi connectivity index (χ4n) is 3.67. The molecule has 0 spiro atoms. The highest BCUT2D eigenvalue weighted by Gasteiger charge is 2.32. The summed E-state index contributed by atoms with van der Waals surface area (Å²) in [6, 6.07) is 11.1. The number of halogens is 1. The predicted molar refractivity (Wildman–Crippen MR) is 122 cm³/mol. The molecular formula is C22H23FN4O3S2. The molecule has 4 rings (SSSR count). The number of hydrogen-bond donors (Lipinski definition) is 1. The molecular weight excluding hydrogens is 451 g/mol. The van der Waals surface area contributed by atoms with E-state index in [0.29, 0.717) is 10.5 Å². The zero-order chi connectivity index (χ0) is 22.9. The van der Waals surface area contributed by atoms with Crippen molar-refractivity contribution >= 4 is 38.8 Å². The van der Waals surface area contributed by atoms with Crippen LogP contribution in [0.3, 0.4) is 0 Å². The summed E-state index contributed by atoms with van der Waals surface area (Å²) in [4.78, 5) is 21.0. The Bertz CT molecular complexity index is 1250. The first-order valence-corrected chi connectivity index (χ1v) is 12.4. The molecule has 0 atom stereocenters. The number of amides is 1. The third kappa shape index (κ3) is 4.38. The first kappa shape index (κ1) is 22.4. The van der Waals surface area contributed by atoms with Gasteiger partial charge in [0.25, 0.3) is 5.91 Å². The highest BCUT2D eigenvalue weighted by molar-refractivity contribution is 7.89. The van der Waals surface area contributed by atoms with Gasteiger partial charge in [0, 0.05) is 42.1 Å². The van der Waals surface area contributed by atoms with Gasteiger partial charge in [0.1, 0.15) is 11.6 Å². The molecule has 0 radical (unpaired) electrons. The predicted octanol–water partition coefficient (Wildman–Crippen LogP) is 3.79. The van der Waals surface area contributed by atoms with Gasteiger partial charge in [-0.05, 0) is 44.2 Å². The van der Waals surface area contributed by atoms with Gasteiger partial charge in [0.2, 0.25) is 10.0 Å². The maximum Gasteiger partial charge on any atom is 0.257 e. The van der Waals surface area contributed by atoms with Crippen LogP contribution in [-0.2, 0) is 10.0 Å². The van der Waals surface area contributed by atoms with Crippen LogP contribution in [0.25, 0.3) is 0 Å². The second-order valence-electron chi connectivity index (χ2n) is 7.48. The average molecular weight is 475 g/mol. The van der Waals surface area contributed by atoms with E-state index in [1.807, 2.05) is 6.92 Å². The lowest BCUT2D eigenvalue weighted by atomic mass is 10.2. The normalized spacial score (nSPS) is 15.0. The molecule has 1 N–H and O–H groups in total. The van der Waals surface area contributed by atoms with E-state index in [-0.39, 0.29) is 43.6 Å². The number of pyridine rings is 1.